The molecule has 1 amide bonds. The Morgan fingerprint density at radius 1 is 1.31 bits per heavy atom. The van der Waals surface area contributed by atoms with E-state index in [1.165, 1.54) is 24.0 Å². The SMILES string of the molecule is NC(=O)CCC(N)c1ccc2c(c1)CCC2. The minimum atomic E-state index is -0.281. The summed E-state index contributed by atoms with van der Waals surface area (Å²) in [6.07, 6.45) is 4.58. The summed E-state index contributed by atoms with van der Waals surface area (Å²) in [6, 6.07) is 6.37. The van der Waals surface area contributed by atoms with Crippen LogP contribution in [-0.2, 0) is 17.6 Å². The minimum absolute atomic E-state index is 0.0709. The lowest BCUT2D eigenvalue weighted by Crippen LogP contribution is -2.16. The minimum Gasteiger partial charge on any atom is -0.370 e. The van der Waals surface area contributed by atoms with Gasteiger partial charge in [-0.1, -0.05) is 18.2 Å². The summed E-state index contributed by atoms with van der Waals surface area (Å²) in [7, 11) is 0. The Hall–Kier alpha value is -1.35. The van der Waals surface area contributed by atoms with Crippen LogP contribution in [0.1, 0.15) is 42.0 Å². The molecule has 0 bridgehead atoms. The first kappa shape index (κ1) is 11.1. The Morgan fingerprint density at radius 2 is 2.06 bits per heavy atom. The Morgan fingerprint density at radius 3 is 2.81 bits per heavy atom. The smallest absolute Gasteiger partial charge is 0.217 e. The van der Waals surface area contributed by atoms with Gasteiger partial charge in [0.15, 0.2) is 0 Å². The third kappa shape index (κ3) is 2.42. The molecule has 0 saturated carbocycles. The number of carbonyl (C=O) groups is 1. The second kappa shape index (κ2) is 4.66. The van der Waals surface area contributed by atoms with E-state index < -0.39 is 0 Å². The topological polar surface area (TPSA) is 69.1 Å². The van der Waals surface area contributed by atoms with Gasteiger partial charge in [0.2, 0.25) is 5.91 Å². The number of fused-ring (bicyclic) bond motifs is 1. The highest BCUT2D eigenvalue weighted by atomic mass is 16.1. The summed E-state index contributed by atoms with van der Waals surface area (Å²) in [4.78, 5) is 10.7. The molecule has 1 aromatic rings. The van der Waals surface area contributed by atoms with E-state index >= 15 is 0 Å². The van der Waals surface area contributed by atoms with Crippen molar-refractivity contribution in [3.05, 3.63) is 34.9 Å². The first-order valence-electron chi connectivity index (χ1n) is 5.82. The maximum Gasteiger partial charge on any atom is 0.217 e. The van der Waals surface area contributed by atoms with Gasteiger partial charge in [-0.05, 0) is 42.4 Å². The van der Waals surface area contributed by atoms with Gasteiger partial charge >= 0.3 is 0 Å². The number of primary amides is 1. The van der Waals surface area contributed by atoms with Gasteiger partial charge in [0.05, 0.1) is 0 Å². The molecule has 3 nitrogen and oxygen atoms in total. The molecule has 1 unspecified atom stereocenters. The lowest BCUT2D eigenvalue weighted by Gasteiger charge is -2.12. The van der Waals surface area contributed by atoms with Crippen molar-refractivity contribution in [1.29, 1.82) is 0 Å². The molecule has 0 spiro atoms. The summed E-state index contributed by atoms with van der Waals surface area (Å²) in [5.74, 6) is -0.281. The lowest BCUT2D eigenvalue weighted by atomic mass is 9.98. The molecule has 0 saturated heterocycles. The van der Waals surface area contributed by atoms with Crippen LogP contribution in [-0.4, -0.2) is 5.91 Å². The molecular weight excluding hydrogens is 200 g/mol. The number of hydrogen-bond donors (Lipinski definition) is 2. The number of carbonyl (C=O) groups excluding carboxylic acids is 1. The van der Waals surface area contributed by atoms with Crippen molar-refractivity contribution in [2.75, 3.05) is 0 Å². The Bertz CT molecular complexity index is 401. The van der Waals surface area contributed by atoms with Crippen molar-refractivity contribution < 1.29 is 4.79 Å². The zero-order valence-electron chi connectivity index (χ0n) is 9.41. The fourth-order valence-electron chi connectivity index (χ4n) is 2.29. The maximum absolute atomic E-state index is 10.7. The molecule has 2 rings (SSSR count). The van der Waals surface area contributed by atoms with Crippen LogP contribution in [0.15, 0.2) is 18.2 Å². The van der Waals surface area contributed by atoms with Crippen LogP contribution in [0.25, 0.3) is 0 Å². The molecule has 16 heavy (non-hydrogen) atoms. The second-order valence-electron chi connectivity index (χ2n) is 4.49. The van der Waals surface area contributed by atoms with Crippen molar-refractivity contribution in [2.24, 2.45) is 11.5 Å². The van der Waals surface area contributed by atoms with Crippen LogP contribution in [0.3, 0.4) is 0 Å². The van der Waals surface area contributed by atoms with Crippen molar-refractivity contribution in [1.82, 2.24) is 0 Å². The summed E-state index contributed by atoms with van der Waals surface area (Å²) >= 11 is 0. The van der Waals surface area contributed by atoms with Gasteiger partial charge in [-0.2, -0.15) is 0 Å². The molecule has 0 aromatic heterocycles. The van der Waals surface area contributed by atoms with Crippen molar-refractivity contribution in [3.8, 4) is 0 Å². The van der Waals surface area contributed by atoms with Crippen LogP contribution in [0.4, 0.5) is 0 Å². The number of benzene rings is 1. The van der Waals surface area contributed by atoms with Crippen molar-refractivity contribution >= 4 is 5.91 Å². The van der Waals surface area contributed by atoms with Crippen molar-refractivity contribution in [3.63, 3.8) is 0 Å². The maximum atomic E-state index is 10.7. The quantitative estimate of drug-likeness (QED) is 0.803. The first-order valence-corrected chi connectivity index (χ1v) is 5.82. The highest BCUT2D eigenvalue weighted by Crippen LogP contribution is 2.26. The van der Waals surface area contributed by atoms with E-state index in [9.17, 15) is 4.79 Å². The van der Waals surface area contributed by atoms with Crippen LogP contribution < -0.4 is 11.5 Å². The molecule has 86 valence electrons. The van der Waals surface area contributed by atoms with E-state index in [1.54, 1.807) is 0 Å². The predicted octanol–water partition coefficient (Wildman–Crippen LogP) is 1.44. The lowest BCUT2D eigenvalue weighted by molar-refractivity contribution is -0.118. The fraction of sp³-hybridized carbons (Fsp3) is 0.462. The van der Waals surface area contributed by atoms with Crippen LogP contribution in [0.5, 0.6) is 0 Å². The van der Waals surface area contributed by atoms with Gasteiger partial charge in [-0.15, -0.1) is 0 Å². The van der Waals surface area contributed by atoms with Crippen LogP contribution in [0.2, 0.25) is 0 Å². The van der Waals surface area contributed by atoms with E-state index in [0.29, 0.717) is 12.8 Å². The summed E-state index contributed by atoms with van der Waals surface area (Å²) < 4.78 is 0. The number of rotatable bonds is 4. The van der Waals surface area contributed by atoms with E-state index in [-0.39, 0.29) is 11.9 Å². The van der Waals surface area contributed by atoms with E-state index in [4.69, 9.17) is 11.5 Å². The van der Waals surface area contributed by atoms with Gasteiger partial charge in [-0.3, -0.25) is 4.79 Å². The standard InChI is InChI=1S/C13H18N2O/c14-12(6-7-13(15)16)11-5-4-9-2-1-3-10(9)8-11/h4-5,8,12H,1-3,6-7,14H2,(H2,15,16). The zero-order chi connectivity index (χ0) is 11.5. The Balaban J connectivity index is 2.06. The molecule has 1 aliphatic rings. The Labute approximate surface area is 95.8 Å². The second-order valence-corrected chi connectivity index (χ2v) is 4.49. The normalized spacial score (nSPS) is 15.8. The molecule has 3 heteroatoms. The summed E-state index contributed by atoms with van der Waals surface area (Å²) in [5.41, 5.74) is 15.1. The number of aryl methyl sites for hydroxylation is 2. The van der Waals surface area contributed by atoms with Gasteiger partial charge < -0.3 is 11.5 Å². The molecule has 0 aliphatic heterocycles. The number of hydrogen-bond acceptors (Lipinski definition) is 2. The molecule has 0 fully saturated rings. The summed E-state index contributed by atoms with van der Waals surface area (Å²) in [6.45, 7) is 0. The van der Waals surface area contributed by atoms with Gasteiger partial charge in [0.1, 0.15) is 0 Å². The molecule has 1 atom stereocenters. The van der Waals surface area contributed by atoms with Crippen molar-refractivity contribution in [2.45, 2.75) is 38.1 Å². The third-order valence-electron chi connectivity index (χ3n) is 3.25. The highest BCUT2D eigenvalue weighted by Gasteiger charge is 2.14. The fourth-order valence-corrected chi connectivity index (χ4v) is 2.29. The summed E-state index contributed by atoms with van der Waals surface area (Å²) in [5, 5.41) is 0. The van der Waals surface area contributed by atoms with Crippen LogP contribution in [0, 0.1) is 0 Å². The van der Waals surface area contributed by atoms with Crippen LogP contribution >= 0.6 is 0 Å². The molecule has 0 heterocycles. The molecule has 1 aromatic carbocycles. The average Bonchev–Trinajstić information content (AvgIpc) is 2.72. The molecular formula is C13H18N2O. The van der Waals surface area contributed by atoms with Gasteiger partial charge in [0.25, 0.3) is 0 Å². The van der Waals surface area contributed by atoms with E-state index in [0.717, 1.165) is 12.0 Å². The third-order valence-corrected chi connectivity index (χ3v) is 3.25. The zero-order valence-corrected chi connectivity index (χ0v) is 9.41. The molecule has 0 radical (unpaired) electrons. The molecule has 1 aliphatic carbocycles. The highest BCUT2D eigenvalue weighted by molar-refractivity contribution is 5.73. The molecule has 4 N–H and O–H groups in total. The van der Waals surface area contributed by atoms with E-state index in [2.05, 4.69) is 18.2 Å². The Kier molecular flexibility index (Phi) is 3.25. The van der Waals surface area contributed by atoms with E-state index in [1.807, 2.05) is 0 Å². The first-order chi connectivity index (χ1) is 7.66. The monoisotopic (exact) mass is 218 g/mol. The van der Waals surface area contributed by atoms with Gasteiger partial charge in [0, 0.05) is 12.5 Å². The number of nitrogens with two attached hydrogens (primary N) is 2. The predicted molar refractivity (Wildman–Crippen MR) is 63.8 cm³/mol. The average molecular weight is 218 g/mol. The largest absolute Gasteiger partial charge is 0.370 e. The number of amides is 1. The van der Waals surface area contributed by atoms with Gasteiger partial charge in [-0.25, -0.2) is 0 Å².